The van der Waals surface area contributed by atoms with E-state index in [4.69, 9.17) is 19.5 Å². The Labute approximate surface area is 139 Å². The monoisotopic (exact) mass is 321 g/mol. The number of carbonyl (C=O) groups excluding carboxylic acids is 1. The van der Waals surface area contributed by atoms with Crippen LogP contribution in [0.2, 0.25) is 0 Å². The molecule has 120 valence electrons. The largest absolute Gasteiger partial charge is 0.497 e. The lowest BCUT2D eigenvalue weighted by atomic mass is 10.1. The maximum atomic E-state index is 12.5. The van der Waals surface area contributed by atoms with Gasteiger partial charge in [0.15, 0.2) is 12.4 Å². The first kappa shape index (κ1) is 15.6. The van der Waals surface area contributed by atoms with Gasteiger partial charge in [-0.15, -0.1) is 0 Å². The Kier molecular flexibility index (Phi) is 4.21. The van der Waals surface area contributed by atoms with Crippen LogP contribution in [0.4, 0.5) is 0 Å². The summed E-state index contributed by atoms with van der Waals surface area (Å²) in [6, 6.07) is 12.6. The van der Waals surface area contributed by atoms with Crippen molar-refractivity contribution in [3.05, 3.63) is 58.8 Å². The first-order valence-electron chi connectivity index (χ1n) is 7.35. The van der Waals surface area contributed by atoms with E-state index < -0.39 is 0 Å². The van der Waals surface area contributed by atoms with Crippen molar-refractivity contribution in [1.82, 2.24) is 0 Å². The molecule has 0 saturated heterocycles. The average Bonchev–Trinajstić information content (AvgIpc) is 2.91. The zero-order valence-corrected chi connectivity index (χ0v) is 13.3. The first-order valence-corrected chi connectivity index (χ1v) is 7.35. The van der Waals surface area contributed by atoms with Gasteiger partial charge in [-0.25, -0.2) is 0 Å². The molecule has 1 aliphatic rings. The Morgan fingerprint density at radius 2 is 2.12 bits per heavy atom. The summed E-state index contributed by atoms with van der Waals surface area (Å²) in [5.41, 5.74) is 2.00. The molecule has 0 aromatic heterocycles. The molecule has 0 fully saturated rings. The van der Waals surface area contributed by atoms with Crippen molar-refractivity contribution in [2.45, 2.75) is 6.92 Å². The molecule has 0 unspecified atom stereocenters. The topological polar surface area (TPSA) is 68.6 Å². The van der Waals surface area contributed by atoms with E-state index in [1.54, 1.807) is 32.2 Å². The summed E-state index contributed by atoms with van der Waals surface area (Å²) in [4.78, 5) is 12.5. The second-order valence-corrected chi connectivity index (χ2v) is 5.23. The molecule has 0 atom stereocenters. The molecular formula is C19H15NO4. The van der Waals surface area contributed by atoms with E-state index in [2.05, 4.69) is 0 Å². The van der Waals surface area contributed by atoms with Gasteiger partial charge in [0.2, 0.25) is 5.78 Å². The Hall–Kier alpha value is -3.26. The fourth-order valence-corrected chi connectivity index (χ4v) is 2.52. The number of nitrogens with zero attached hydrogens (tertiary/aromatic N) is 1. The van der Waals surface area contributed by atoms with E-state index in [1.165, 1.54) is 0 Å². The molecule has 0 aliphatic carbocycles. The zero-order chi connectivity index (χ0) is 17.1. The van der Waals surface area contributed by atoms with Crippen molar-refractivity contribution in [3.8, 4) is 23.3 Å². The molecule has 1 heterocycles. The highest BCUT2D eigenvalue weighted by Crippen LogP contribution is 2.39. The lowest BCUT2D eigenvalue weighted by Gasteiger charge is -2.08. The van der Waals surface area contributed by atoms with Crippen LogP contribution in [0.1, 0.15) is 21.5 Å². The molecule has 0 saturated carbocycles. The van der Waals surface area contributed by atoms with E-state index in [0.29, 0.717) is 28.4 Å². The third-order valence-electron chi connectivity index (χ3n) is 3.72. The number of fused-ring (bicyclic) bond motifs is 1. The van der Waals surface area contributed by atoms with Crippen molar-refractivity contribution in [2.75, 3.05) is 13.7 Å². The van der Waals surface area contributed by atoms with E-state index in [1.807, 2.05) is 30.3 Å². The molecule has 5 heteroatoms. The number of ether oxygens (including phenoxy) is 3. The first-order chi connectivity index (χ1) is 11.6. The number of methoxy groups -OCH3 is 1. The second kappa shape index (κ2) is 6.47. The van der Waals surface area contributed by atoms with Crippen LogP contribution in [0.15, 0.2) is 42.2 Å². The number of Topliss-reactive ketones (excluding diaryl/α,β-unsaturated/α-hetero) is 1. The minimum absolute atomic E-state index is 0.0555. The molecule has 1 aliphatic heterocycles. The Morgan fingerprint density at radius 1 is 1.29 bits per heavy atom. The summed E-state index contributed by atoms with van der Waals surface area (Å²) in [5, 5.41) is 8.62. The summed E-state index contributed by atoms with van der Waals surface area (Å²) in [6.07, 6.45) is 1.68. The summed E-state index contributed by atoms with van der Waals surface area (Å²) >= 11 is 0. The molecule has 0 bridgehead atoms. The summed E-state index contributed by atoms with van der Waals surface area (Å²) in [6.45, 7) is 1.74. The highest BCUT2D eigenvalue weighted by molar-refractivity contribution is 6.15. The lowest BCUT2D eigenvalue weighted by Crippen LogP contribution is -1.98. The molecule has 5 nitrogen and oxygen atoms in total. The van der Waals surface area contributed by atoms with Gasteiger partial charge in [0.05, 0.1) is 12.7 Å². The van der Waals surface area contributed by atoms with Crippen LogP contribution in [0.5, 0.6) is 17.2 Å². The van der Waals surface area contributed by atoms with Crippen LogP contribution in [-0.2, 0) is 0 Å². The van der Waals surface area contributed by atoms with Crippen molar-refractivity contribution in [2.24, 2.45) is 0 Å². The van der Waals surface area contributed by atoms with Gasteiger partial charge in [-0.2, -0.15) is 5.26 Å². The van der Waals surface area contributed by atoms with Gasteiger partial charge in [-0.05, 0) is 42.8 Å². The molecule has 0 amide bonds. The third-order valence-corrected chi connectivity index (χ3v) is 3.72. The maximum Gasteiger partial charge on any atom is 0.231 e. The quantitative estimate of drug-likeness (QED) is 0.806. The molecule has 2 aromatic rings. The summed E-state index contributed by atoms with van der Waals surface area (Å²) in [5.74, 6) is 1.78. The van der Waals surface area contributed by atoms with Gasteiger partial charge in [0, 0.05) is 5.56 Å². The summed E-state index contributed by atoms with van der Waals surface area (Å²) < 4.78 is 16.3. The lowest BCUT2D eigenvalue weighted by molar-refractivity contribution is 0.101. The van der Waals surface area contributed by atoms with Gasteiger partial charge in [0.25, 0.3) is 0 Å². The predicted molar refractivity (Wildman–Crippen MR) is 88.2 cm³/mol. The van der Waals surface area contributed by atoms with Crippen molar-refractivity contribution >= 4 is 11.9 Å². The SMILES string of the molecule is COc1cccc(/C=C2\Oc3c(ccc(OCC#N)c3C)C2=O)c1. The number of nitriles is 1. The molecular weight excluding hydrogens is 306 g/mol. The minimum atomic E-state index is -0.178. The molecule has 3 rings (SSSR count). The molecule has 0 radical (unpaired) electrons. The average molecular weight is 321 g/mol. The number of benzene rings is 2. The Bertz CT molecular complexity index is 877. The number of hydrogen-bond donors (Lipinski definition) is 0. The molecule has 2 aromatic carbocycles. The van der Waals surface area contributed by atoms with Crippen molar-refractivity contribution < 1.29 is 19.0 Å². The number of hydrogen-bond acceptors (Lipinski definition) is 5. The van der Waals surface area contributed by atoms with Gasteiger partial charge in [0.1, 0.15) is 23.3 Å². The Balaban J connectivity index is 1.94. The van der Waals surface area contributed by atoms with Crippen molar-refractivity contribution in [1.29, 1.82) is 5.26 Å². The fourth-order valence-electron chi connectivity index (χ4n) is 2.52. The molecule has 0 N–H and O–H groups in total. The van der Waals surface area contributed by atoms with Crippen LogP contribution in [0.3, 0.4) is 0 Å². The number of carbonyl (C=O) groups is 1. The predicted octanol–water partition coefficient (Wildman–Crippen LogP) is 3.52. The van der Waals surface area contributed by atoms with Gasteiger partial charge >= 0.3 is 0 Å². The molecule has 24 heavy (non-hydrogen) atoms. The maximum absolute atomic E-state index is 12.5. The van der Waals surface area contributed by atoms with Crippen LogP contribution in [0, 0.1) is 18.3 Å². The van der Waals surface area contributed by atoms with Crippen LogP contribution in [-0.4, -0.2) is 19.5 Å². The highest BCUT2D eigenvalue weighted by atomic mass is 16.5. The second-order valence-electron chi connectivity index (χ2n) is 5.23. The number of ketones is 1. The third kappa shape index (κ3) is 2.82. The fraction of sp³-hybridized carbons (Fsp3) is 0.158. The highest BCUT2D eigenvalue weighted by Gasteiger charge is 2.30. The van der Waals surface area contributed by atoms with Gasteiger partial charge in [-0.3, -0.25) is 4.79 Å². The van der Waals surface area contributed by atoms with E-state index in [0.717, 1.165) is 5.56 Å². The molecule has 0 spiro atoms. The van der Waals surface area contributed by atoms with Gasteiger partial charge in [-0.1, -0.05) is 12.1 Å². The van der Waals surface area contributed by atoms with Gasteiger partial charge < -0.3 is 14.2 Å². The normalized spacial score (nSPS) is 14.0. The van der Waals surface area contributed by atoms with E-state index >= 15 is 0 Å². The Morgan fingerprint density at radius 3 is 2.88 bits per heavy atom. The number of allylic oxidation sites excluding steroid dienone is 1. The van der Waals surface area contributed by atoms with E-state index in [9.17, 15) is 4.79 Å². The van der Waals surface area contributed by atoms with Crippen LogP contribution in [0.25, 0.3) is 6.08 Å². The zero-order valence-electron chi connectivity index (χ0n) is 13.3. The minimum Gasteiger partial charge on any atom is -0.497 e. The van der Waals surface area contributed by atoms with Crippen LogP contribution < -0.4 is 14.2 Å². The number of rotatable bonds is 4. The van der Waals surface area contributed by atoms with Crippen LogP contribution >= 0.6 is 0 Å². The standard InChI is InChI=1S/C19H15NO4/c1-12-16(23-9-8-20)7-6-15-18(21)17(24-19(12)15)11-13-4-3-5-14(10-13)22-2/h3-7,10-11H,9H2,1-2H3/b17-11-. The summed E-state index contributed by atoms with van der Waals surface area (Å²) in [7, 11) is 1.59. The smallest absolute Gasteiger partial charge is 0.231 e. The van der Waals surface area contributed by atoms with E-state index in [-0.39, 0.29) is 18.1 Å². The van der Waals surface area contributed by atoms with Crippen molar-refractivity contribution in [3.63, 3.8) is 0 Å².